The summed E-state index contributed by atoms with van der Waals surface area (Å²) in [5.74, 6) is 0.538. The summed E-state index contributed by atoms with van der Waals surface area (Å²) in [5.41, 5.74) is 4.36. The number of carbonyl (C=O) groups excluding carboxylic acids is 1. The maximum atomic E-state index is 13.7. The normalized spacial score (nSPS) is 15.7. The van der Waals surface area contributed by atoms with Gasteiger partial charge in [-0.15, -0.1) is 0 Å². The Labute approximate surface area is 204 Å². The van der Waals surface area contributed by atoms with Gasteiger partial charge in [0.25, 0.3) is 0 Å². The molecule has 0 bridgehead atoms. The number of hydrogen-bond donors (Lipinski definition) is 2. The molecule has 1 atom stereocenters. The highest BCUT2D eigenvalue weighted by Crippen LogP contribution is 2.32. The first kappa shape index (κ1) is 22.9. The third kappa shape index (κ3) is 4.59. The highest BCUT2D eigenvalue weighted by atomic mass is 16.5. The van der Waals surface area contributed by atoms with E-state index in [-0.39, 0.29) is 17.6 Å². The van der Waals surface area contributed by atoms with Crippen LogP contribution in [0.3, 0.4) is 0 Å². The third-order valence-corrected chi connectivity index (χ3v) is 6.83. The molecule has 1 unspecified atom stereocenters. The number of nitrogens with zero attached hydrogens (tertiary/aromatic N) is 2. The van der Waals surface area contributed by atoms with E-state index in [0.29, 0.717) is 24.5 Å². The van der Waals surface area contributed by atoms with Gasteiger partial charge in [-0.25, -0.2) is 4.79 Å². The number of imidazole rings is 1. The van der Waals surface area contributed by atoms with E-state index in [9.17, 15) is 9.59 Å². The first-order chi connectivity index (χ1) is 17.0. The molecule has 4 aromatic rings. The highest BCUT2D eigenvalue weighted by molar-refractivity contribution is 5.97. The summed E-state index contributed by atoms with van der Waals surface area (Å²) in [6.07, 6.45) is 1.57. The molecule has 7 nitrogen and oxygen atoms in total. The average Bonchev–Trinajstić information content (AvgIpc) is 3.21. The molecule has 3 aromatic carbocycles. The van der Waals surface area contributed by atoms with Crippen molar-refractivity contribution in [3.63, 3.8) is 0 Å². The molecule has 5 rings (SSSR count). The number of H-pyrrole nitrogens is 1. The fourth-order valence-electron chi connectivity index (χ4n) is 5.12. The lowest BCUT2D eigenvalue weighted by Gasteiger charge is -2.37. The second-order valence-corrected chi connectivity index (χ2v) is 9.09. The number of aromatic amines is 1. The number of anilines is 1. The van der Waals surface area contributed by atoms with Gasteiger partial charge in [-0.1, -0.05) is 48.5 Å². The van der Waals surface area contributed by atoms with Gasteiger partial charge in [0.2, 0.25) is 5.91 Å². The molecule has 0 radical (unpaired) electrons. The van der Waals surface area contributed by atoms with E-state index in [0.717, 1.165) is 35.0 Å². The van der Waals surface area contributed by atoms with Gasteiger partial charge in [0, 0.05) is 19.1 Å². The molecule has 1 aromatic heterocycles. The van der Waals surface area contributed by atoms with Crippen LogP contribution in [0.4, 0.5) is 5.69 Å². The second kappa shape index (κ2) is 9.80. The molecule has 2 N–H and O–H groups in total. The van der Waals surface area contributed by atoms with Crippen LogP contribution in [-0.2, 0) is 4.79 Å². The number of amides is 1. The van der Waals surface area contributed by atoms with Gasteiger partial charge in [-0.3, -0.25) is 14.3 Å². The van der Waals surface area contributed by atoms with Gasteiger partial charge < -0.3 is 15.0 Å². The van der Waals surface area contributed by atoms with Crippen LogP contribution >= 0.6 is 0 Å². The van der Waals surface area contributed by atoms with Crippen LogP contribution in [0, 0.1) is 6.92 Å². The smallest absolute Gasteiger partial charge is 0.326 e. The lowest BCUT2D eigenvalue weighted by atomic mass is 9.98. The summed E-state index contributed by atoms with van der Waals surface area (Å²) in [7, 11) is 1.60. The number of aryl methyl sites for hydroxylation is 1. The van der Waals surface area contributed by atoms with E-state index in [1.165, 1.54) is 0 Å². The van der Waals surface area contributed by atoms with Crippen molar-refractivity contribution >= 4 is 22.6 Å². The van der Waals surface area contributed by atoms with Crippen LogP contribution in [0.5, 0.6) is 5.75 Å². The summed E-state index contributed by atoms with van der Waals surface area (Å²) < 4.78 is 7.35. The van der Waals surface area contributed by atoms with E-state index in [1.807, 2.05) is 84.3 Å². The minimum absolute atomic E-state index is 0.0754. The predicted octanol–water partition coefficient (Wildman–Crippen LogP) is 4.66. The van der Waals surface area contributed by atoms with Crippen molar-refractivity contribution in [2.75, 3.05) is 25.5 Å². The number of ether oxygens (including phenoxy) is 1. The molecule has 35 heavy (non-hydrogen) atoms. The van der Waals surface area contributed by atoms with E-state index in [4.69, 9.17) is 4.74 Å². The molecule has 7 heteroatoms. The van der Waals surface area contributed by atoms with Gasteiger partial charge in [0.1, 0.15) is 11.8 Å². The highest BCUT2D eigenvalue weighted by Gasteiger charge is 2.32. The molecular formula is C28H30N4O3. The van der Waals surface area contributed by atoms with Crippen LogP contribution in [0.2, 0.25) is 0 Å². The molecule has 1 aliphatic rings. The molecule has 2 heterocycles. The Bertz CT molecular complexity index is 1380. The lowest BCUT2D eigenvalue weighted by Crippen LogP contribution is -2.43. The predicted molar refractivity (Wildman–Crippen MR) is 138 cm³/mol. The number of fused-ring (bicyclic) bond motifs is 1. The number of piperidine rings is 1. The summed E-state index contributed by atoms with van der Waals surface area (Å²) in [6, 6.07) is 23.1. The largest absolute Gasteiger partial charge is 0.495 e. The van der Waals surface area contributed by atoms with Crippen molar-refractivity contribution in [1.82, 2.24) is 14.5 Å². The topological polar surface area (TPSA) is 79.4 Å². The van der Waals surface area contributed by atoms with Crippen molar-refractivity contribution < 1.29 is 9.53 Å². The van der Waals surface area contributed by atoms with E-state index in [1.54, 1.807) is 7.11 Å². The number of hydrogen-bond acceptors (Lipinski definition) is 4. The second-order valence-electron chi connectivity index (χ2n) is 9.09. The maximum absolute atomic E-state index is 13.7. The number of nitrogens with one attached hydrogen (secondary N) is 2. The molecule has 0 spiro atoms. The number of aromatic nitrogens is 2. The Balaban J connectivity index is 1.39. The summed E-state index contributed by atoms with van der Waals surface area (Å²) in [6.45, 7) is 3.39. The first-order valence-electron chi connectivity index (χ1n) is 12.0. The number of carbonyl (C=O) groups is 1. The van der Waals surface area contributed by atoms with Gasteiger partial charge in [-0.2, -0.15) is 0 Å². The Kier molecular flexibility index (Phi) is 6.42. The third-order valence-electron chi connectivity index (χ3n) is 6.83. The zero-order valence-electron chi connectivity index (χ0n) is 20.0. The van der Waals surface area contributed by atoms with Gasteiger partial charge in [0.05, 0.1) is 23.8 Å². The molecule has 1 saturated heterocycles. The van der Waals surface area contributed by atoms with Gasteiger partial charge in [-0.05, 0) is 55.2 Å². The molecular weight excluding hydrogens is 440 g/mol. The average molecular weight is 471 g/mol. The summed E-state index contributed by atoms with van der Waals surface area (Å²) in [4.78, 5) is 31.5. The van der Waals surface area contributed by atoms with Crippen LogP contribution in [0.1, 0.15) is 36.1 Å². The van der Waals surface area contributed by atoms with Crippen molar-refractivity contribution in [3.05, 3.63) is 94.4 Å². The number of methoxy groups -OCH3 is 1. The van der Waals surface area contributed by atoms with Crippen molar-refractivity contribution in [2.45, 2.75) is 31.8 Å². The van der Waals surface area contributed by atoms with Crippen molar-refractivity contribution in [1.29, 1.82) is 0 Å². The molecule has 0 aliphatic carbocycles. The summed E-state index contributed by atoms with van der Waals surface area (Å²) >= 11 is 0. The Morgan fingerprint density at radius 1 is 1.03 bits per heavy atom. The Morgan fingerprint density at radius 3 is 2.49 bits per heavy atom. The quantitative estimate of drug-likeness (QED) is 0.429. The van der Waals surface area contributed by atoms with E-state index >= 15 is 0 Å². The molecule has 1 fully saturated rings. The Hall–Kier alpha value is -3.84. The van der Waals surface area contributed by atoms with Crippen molar-refractivity contribution in [2.24, 2.45) is 0 Å². The van der Waals surface area contributed by atoms with Crippen LogP contribution < -0.4 is 15.7 Å². The van der Waals surface area contributed by atoms with Crippen LogP contribution in [-0.4, -0.2) is 40.6 Å². The molecule has 1 amide bonds. The van der Waals surface area contributed by atoms with Crippen molar-refractivity contribution in [3.8, 4) is 5.75 Å². The molecule has 1 aliphatic heterocycles. The first-order valence-corrected chi connectivity index (χ1v) is 12.0. The van der Waals surface area contributed by atoms with Crippen LogP contribution in [0.25, 0.3) is 11.0 Å². The number of benzene rings is 3. The number of para-hydroxylation sites is 2. The van der Waals surface area contributed by atoms with E-state index in [2.05, 4.69) is 15.2 Å². The number of likely N-dealkylation sites (tertiary alicyclic amines) is 1. The fourth-order valence-corrected chi connectivity index (χ4v) is 5.12. The zero-order valence-corrected chi connectivity index (χ0v) is 20.0. The minimum Gasteiger partial charge on any atom is -0.495 e. The van der Waals surface area contributed by atoms with Gasteiger partial charge >= 0.3 is 5.69 Å². The minimum atomic E-state index is -0.443. The van der Waals surface area contributed by atoms with Crippen LogP contribution in [0.15, 0.2) is 77.6 Å². The summed E-state index contributed by atoms with van der Waals surface area (Å²) in [5, 5.41) is 3.10. The van der Waals surface area contributed by atoms with Gasteiger partial charge in [0.15, 0.2) is 0 Å². The number of rotatable bonds is 6. The molecule has 0 saturated carbocycles. The lowest BCUT2D eigenvalue weighted by molar-refractivity contribution is -0.122. The SMILES string of the molecule is COc1ccc(C)cc1NC(=O)C(c1ccccc1)N1CCC(n2c(=O)[nH]c3ccccc32)CC1. The molecule has 180 valence electrons. The fraction of sp³-hybridized carbons (Fsp3) is 0.286. The monoisotopic (exact) mass is 470 g/mol. The zero-order chi connectivity index (χ0) is 24.4. The Morgan fingerprint density at radius 2 is 1.74 bits per heavy atom. The maximum Gasteiger partial charge on any atom is 0.326 e. The standard InChI is InChI=1S/C28H30N4O3/c1-19-12-13-25(35-2)23(18-19)29-27(33)26(20-8-4-3-5-9-20)31-16-14-21(15-17-31)32-24-11-7-6-10-22(24)30-28(32)34/h3-13,18,21,26H,14-17H2,1-2H3,(H,29,33)(H,30,34). The van der Waals surface area contributed by atoms with E-state index < -0.39 is 6.04 Å².